The molecule has 0 bridgehead atoms. The van der Waals surface area contributed by atoms with Crippen LogP contribution in [0.2, 0.25) is 0 Å². The van der Waals surface area contributed by atoms with Crippen LogP contribution in [0, 0.1) is 10.1 Å². The van der Waals surface area contributed by atoms with E-state index >= 15 is 0 Å². The van der Waals surface area contributed by atoms with Crippen LogP contribution in [0.1, 0.15) is 11.1 Å². The van der Waals surface area contributed by atoms with Gasteiger partial charge in [0.15, 0.2) is 0 Å². The Bertz CT molecular complexity index is 721. The van der Waals surface area contributed by atoms with Crippen molar-refractivity contribution in [3.8, 4) is 0 Å². The average Bonchev–Trinajstić information content (AvgIpc) is 2.67. The highest BCUT2D eigenvalue weighted by molar-refractivity contribution is 5.67. The van der Waals surface area contributed by atoms with Crippen LogP contribution in [0.25, 0.3) is 0 Å². The van der Waals surface area contributed by atoms with Crippen LogP contribution in [0.3, 0.4) is 0 Å². The third kappa shape index (κ3) is 6.18. The van der Waals surface area contributed by atoms with Gasteiger partial charge >= 0.3 is 6.09 Å². The summed E-state index contributed by atoms with van der Waals surface area (Å²) in [7, 11) is 1.56. The molecule has 0 radical (unpaired) electrons. The van der Waals surface area contributed by atoms with Gasteiger partial charge < -0.3 is 14.4 Å². The second-order valence-corrected chi connectivity index (χ2v) is 5.70. The van der Waals surface area contributed by atoms with Crippen LogP contribution in [0.4, 0.5) is 10.5 Å². The minimum absolute atomic E-state index is 0.0394. The van der Waals surface area contributed by atoms with Crippen molar-refractivity contribution in [2.75, 3.05) is 26.8 Å². The molecule has 0 saturated heterocycles. The number of nitrogens with zero attached hydrogens (tertiary/aromatic N) is 2. The summed E-state index contributed by atoms with van der Waals surface area (Å²) in [4.78, 5) is 24.3. The third-order valence-corrected chi connectivity index (χ3v) is 3.82. The van der Waals surface area contributed by atoms with Crippen LogP contribution < -0.4 is 0 Å². The molecule has 0 N–H and O–H groups in total. The molecule has 26 heavy (non-hydrogen) atoms. The maximum Gasteiger partial charge on any atom is 0.410 e. The first-order chi connectivity index (χ1) is 12.6. The van der Waals surface area contributed by atoms with E-state index in [0.29, 0.717) is 26.1 Å². The van der Waals surface area contributed by atoms with E-state index < -0.39 is 11.0 Å². The van der Waals surface area contributed by atoms with Gasteiger partial charge in [0.1, 0.15) is 6.61 Å². The number of carbonyl (C=O) groups excluding carboxylic acids is 1. The molecule has 0 aliphatic carbocycles. The normalized spacial score (nSPS) is 10.3. The first-order valence-electron chi connectivity index (χ1n) is 8.28. The van der Waals surface area contributed by atoms with Crippen molar-refractivity contribution in [1.29, 1.82) is 0 Å². The molecule has 2 aromatic carbocycles. The number of non-ortho nitro benzene ring substituents is 1. The van der Waals surface area contributed by atoms with Gasteiger partial charge in [-0.3, -0.25) is 10.1 Å². The lowest BCUT2D eigenvalue weighted by Crippen LogP contribution is -2.36. The zero-order valence-corrected chi connectivity index (χ0v) is 14.7. The molecule has 0 aliphatic rings. The summed E-state index contributed by atoms with van der Waals surface area (Å²) in [6.45, 7) is 1.35. The summed E-state index contributed by atoms with van der Waals surface area (Å²) in [5, 5.41) is 10.9. The lowest BCUT2D eigenvalue weighted by atomic mass is 10.1. The van der Waals surface area contributed by atoms with Crippen LogP contribution >= 0.6 is 0 Å². The van der Waals surface area contributed by atoms with Gasteiger partial charge in [-0.2, -0.15) is 0 Å². The molecule has 0 fully saturated rings. The fraction of sp³-hybridized carbons (Fsp3) is 0.316. The van der Waals surface area contributed by atoms with Crippen molar-refractivity contribution in [3.05, 3.63) is 75.8 Å². The molecule has 138 valence electrons. The van der Waals surface area contributed by atoms with E-state index in [1.807, 2.05) is 30.3 Å². The van der Waals surface area contributed by atoms with Gasteiger partial charge in [0, 0.05) is 32.3 Å². The predicted octanol–water partition coefficient (Wildman–Crippen LogP) is 3.42. The zero-order valence-electron chi connectivity index (χ0n) is 14.7. The van der Waals surface area contributed by atoms with E-state index in [0.717, 1.165) is 11.1 Å². The number of carbonyl (C=O) groups is 1. The summed E-state index contributed by atoms with van der Waals surface area (Å²) in [6.07, 6.45) is 0.0579. The Kier molecular flexibility index (Phi) is 7.57. The van der Waals surface area contributed by atoms with E-state index in [9.17, 15) is 14.9 Å². The first-order valence-corrected chi connectivity index (χ1v) is 8.28. The Morgan fingerprint density at radius 3 is 2.50 bits per heavy atom. The van der Waals surface area contributed by atoms with Gasteiger partial charge in [-0.15, -0.1) is 0 Å². The highest BCUT2D eigenvalue weighted by Crippen LogP contribution is 2.14. The molecular weight excluding hydrogens is 336 g/mol. The van der Waals surface area contributed by atoms with Gasteiger partial charge in [-0.05, 0) is 17.5 Å². The summed E-state index contributed by atoms with van der Waals surface area (Å²) < 4.78 is 10.4. The standard InChI is InChI=1S/C19H22N2O5/c1-25-13-12-20(19(22)26-15-17-6-3-2-4-7-17)11-10-16-8-5-9-18(14-16)21(23)24/h2-9,14H,10-13,15H2,1H3. The lowest BCUT2D eigenvalue weighted by Gasteiger charge is -2.22. The zero-order chi connectivity index (χ0) is 18.8. The Morgan fingerprint density at radius 1 is 1.08 bits per heavy atom. The van der Waals surface area contributed by atoms with Crippen LogP contribution in [-0.4, -0.2) is 42.7 Å². The maximum atomic E-state index is 12.4. The Morgan fingerprint density at radius 2 is 1.81 bits per heavy atom. The van der Waals surface area contributed by atoms with Gasteiger partial charge in [0.25, 0.3) is 5.69 Å². The third-order valence-electron chi connectivity index (χ3n) is 3.82. The second kappa shape index (κ2) is 10.1. The number of nitro benzene ring substituents is 1. The SMILES string of the molecule is COCCN(CCc1cccc([N+](=O)[O-])c1)C(=O)OCc1ccccc1. The molecule has 0 aromatic heterocycles. The van der Waals surface area contributed by atoms with Gasteiger partial charge in [-0.1, -0.05) is 42.5 Å². The molecule has 2 rings (SSSR count). The second-order valence-electron chi connectivity index (χ2n) is 5.70. The summed E-state index contributed by atoms with van der Waals surface area (Å²) >= 11 is 0. The highest BCUT2D eigenvalue weighted by Gasteiger charge is 2.15. The molecule has 1 amide bonds. The van der Waals surface area contributed by atoms with Gasteiger partial charge in [-0.25, -0.2) is 4.79 Å². The Balaban J connectivity index is 1.94. The minimum Gasteiger partial charge on any atom is -0.445 e. The number of methoxy groups -OCH3 is 1. The number of hydrogen-bond donors (Lipinski definition) is 0. The van der Waals surface area contributed by atoms with E-state index in [1.54, 1.807) is 24.1 Å². The minimum atomic E-state index is -0.434. The predicted molar refractivity (Wildman–Crippen MR) is 96.9 cm³/mol. The smallest absolute Gasteiger partial charge is 0.410 e. The molecule has 0 aliphatic heterocycles. The van der Waals surface area contributed by atoms with Crippen LogP contribution in [-0.2, 0) is 22.5 Å². The molecular formula is C19H22N2O5. The molecule has 0 saturated carbocycles. The molecule has 2 aromatic rings. The Hall–Kier alpha value is -2.93. The maximum absolute atomic E-state index is 12.4. The fourth-order valence-electron chi connectivity index (χ4n) is 2.40. The van der Waals surface area contributed by atoms with Crippen LogP contribution in [0.5, 0.6) is 0 Å². The van der Waals surface area contributed by atoms with Crippen molar-refractivity contribution in [1.82, 2.24) is 4.90 Å². The molecule has 0 unspecified atom stereocenters. The lowest BCUT2D eigenvalue weighted by molar-refractivity contribution is -0.384. The van der Waals surface area contributed by atoms with E-state index in [1.165, 1.54) is 12.1 Å². The summed E-state index contributed by atoms with van der Waals surface area (Å²) in [6, 6.07) is 15.8. The highest BCUT2D eigenvalue weighted by atomic mass is 16.6. The van der Waals surface area contributed by atoms with Crippen molar-refractivity contribution >= 4 is 11.8 Å². The van der Waals surface area contributed by atoms with E-state index in [-0.39, 0.29) is 12.3 Å². The number of benzene rings is 2. The van der Waals surface area contributed by atoms with E-state index in [2.05, 4.69) is 0 Å². The van der Waals surface area contributed by atoms with Crippen molar-refractivity contribution in [2.45, 2.75) is 13.0 Å². The van der Waals surface area contributed by atoms with Gasteiger partial charge in [0.05, 0.1) is 11.5 Å². The van der Waals surface area contributed by atoms with Crippen LogP contribution in [0.15, 0.2) is 54.6 Å². The quantitative estimate of drug-likeness (QED) is 0.507. The monoisotopic (exact) mass is 358 g/mol. The fourth-order valence-corrected chi connectivity index (χ4v) is 2.40. The van der Waals surface area contributed by atoms with Crippen molar-refractivity contribution in [2.24, 2.45) is 0 Å². The molecule has 7 nitrogen and oxygen atoms in total. The molecule has 0 heterocycles. The van der Waals surface area contributed by atoms with Crippen molar-refractivity contribution < 1.29 is 19.2 Å². The molecule has 0 spiro atoms. The number of amides is 1. The van der Waals surface area contributed by atoms with Gasteiger partial charge in [0.2, 0.25) is 0 Å². The number of rotatable bonds is 9. The Labute approximate surface area is 152 Å². The summed E-state index contributed by atoms with van der Waals surface area (Å²) in [5.74, 6) is 0. The average molecular weight is 358 g/mol. The molecule has 7 heteroatoms. The molecule has 0 atom stereocenters. The number of nitro groups is 1. The van der Waals surface area contributed by atoms with Crippen molar-refractivity contribution in [3.63, 3.8) is 0 Å². The number of ether oxygens (including phenoxy) is 2. The topological polar surface area (TPSA) is 81.9 Å². The first kappa shape index (κ1) is 19.4. The van der Waals surface area contributed by atoms with E-state index in [4.69, 9.17) is 9.47 Å². The summed E-state index contributed by atoms with van der Waals surface area (Å²) in [5.41, 5.74) is 1.74. The number of hydrogen-bond acceptors (Lipinski definition) is 5. The largest absolute Gasteiger partial charge is 0.445 e.